The molecule has 3 heterocycles. The van der Waals surface area contributed by atoms with E-state index in [1.54, 1.807) is 29.5 Å². The maximum atomic E-state index is 12.3. The summed E-state index contributed by atoms with van der Waals surface area (Å²) in [4.78, 5) is 36.2. The second-order valence-corrected chi connectivity index (χ2v) is 10.0. The van der Waals surface area contributed by atoms with Crippen molar-refractivity contribution in [3.8, 4) is 10.6 Å². The van der Waals surface area contributed by atoms with E-state index in [-0.39, 0.29) is 5.91 Å². The number of aliphatic hydroxyl groups excluding tert-OH is 2. The number of hydrogen-bond donors (Lipinski definition) is 5. The smallest absolute Gasteiger partial charge is 0.250 e. The number of thiophene rings is 1. The molecule has 1 aliphatic rings. The van der Waals surface area contributed by atoms with Gasteiger partial charge >= 0.3 is 0 Å². The van der Waals surface area contributed by atoms with Crippen molar-refractivity contribution < 1.29 is 19.8 Å². The van der Waals surface area contributed by atoms with E-state index in [1.165, 1.54) is 4.90 Å². The van der Waals surface area contributed by atoms with E-state index in [4.69, 9.17) is 5.73 Å². The fourth-order valence-corrected chi connectivity index (χ4v) is 4.96. The number of anilines is 2. The van der Waals surface area contributed by atoms with Crippen LogP contribution < -0.4 is 21.3 Å². The number of aromatic nitrogens is 2. The van der Waals surface area contributed by atoms with Gasteiger partial charge in [-0.1, -0.05) is 0 Å². The summed E-state index contributed by atoms with van der Waals surface area (Å²) in [5.74, 6) is -0.580. The molecule has 1 saturated heterocycles. The van der Waals surface area contributed by atoms with Crippen LogP contribution in [0.1, 0.15) is 13.8 Å². The number of rotatable bonds is 8. The molecule has 12 heteroatoms. The summed E-state index contributed by atoms with van der Waals surface area (Å²) in [7, 11) is 1.63. The molecule has 11 nitrogen and oxygen atoms in total. The van der Waals surface area contributed by atoms with Gasteiger partial charge in [0.2, 0.25) is 11.9 Å². The van der Waals surface area contributed by atoms with Crippen molar-refractivity contribution in [2.24, 2.45) is 5.73 Å². The first-order valence-corrected chi connectivity index (χ1v) is 12.1. The zero-order valence-corrected chi connectivity index (χ0v) is 21.0. The third-order valence-corrected chi connectivity index (χ3v) is 7.30. The van der Waals surface area contributed by atoms with Gasteiger partial charge in [0.15, 0.2) is 6.35 Å². The predicted molar refractivity (Wildman–Crippen MR) is 139 cm³/mol. The van der Waals surface area contributed by atoms with E-state index < -0.39 is 24.0 Å². The molecular weight excluding hydrogens is 482 g/mol. The summed E-state index contributed by atoms with van der Waals surface area (Å²) in [6.07, 6.45) is 2.10. The summed E-state index contributed by atoms with van der Waals surface area (Å²) in [6.45, 7) is 4.66. The fourth-order valence-electron chi connectivity index (χ4n) is 3.95. The van der Waals surface area contributed by atoms with Gasteiger partial charge < -0.3 is 26.2 Å². The highest BCUT2D eigenvalue weighted by Gasteiger charge is 2.45. The van der Waals surface area contributed by atoms with Crippen molar-refractivity contribution in [1.29, 1.82) is 0 Å². The number of amides is 2. The molecular formula is C24H29N7O4S. The number of nitrogens with two attached hydrogens (primary N) is 1. The molecule has 0 aliphatic carbocycles. The quantitative estimate of drug-likeness (QED) is 0.279. The molecule has 0 radical (unpaired) electrons. The molecule has 190 valence electrons. The Morgan fingerprint density at radius 1 is 1.28 bits per heavy atom. The van der Waals surface area contributed by atoms with Crippen LogP contribution in [-0.4, -0.2) is 75.2 Å². The number of aliphatic hydroxyl groups is 2. The Labute approximate surface area is 212 Å². The third-order valence-electron chi connectivity index (χ3n) is 6.16. The van der Waals surface area contributed by atoms with Crippen molar-refractivity contribution in [3.05, 3.63) is 48.7 Å². The number of carbonyl (C=O) groups is 2. The zero-order valence-electron chi connectivity index (χ0n) is 20.2. The highest BCUT2D eigenvalue weighted by atomic mass is 32.1. The average molecular weight is 512 g/mol. The maximum Gasteiger partial charge on any atom is 0.250 e. The standard InChI is InChI=1S/C24H29N7O4S/c1-24(2)21(34)29-23(35)31(24)11-10-27-22-26-9-8-16(28-22)18-13-14-12-15(4-5-17(14)36-18)30(3)20(33)7-6-19(25)32/h4-9,12-13,21,23,29,34-35H,10-11H2,1-3H3,(H2,25,32)(H,26,27,28)/b7-6-. The van der Waals surface area contributed by atoms with Gasteiger partial charge in [-0.05, 0) is 49.6 Å². The third kappa shape index (κ3) is 5.37. The first-order chi connectivity index (χ1) is 17.1. The maximum absolute atomic E-state index is 12.3. The van der Waals surface area contributed by atoms with Crippen molar-refractivity contribution in [3.63, 3.8) is 0 Å². The summed E-state index contributed by atoms with van der Waals surface area (Å²) >= 11 is 1.57. The number of benzene rings is 1. The largest absolute Gasteiger partial charge is 0.377 e. The minimum absolute atomic E-state index is 0.356. The molecule has 2 amide bonds. The predicted octanol–water partition coefficient (Wildman–Crippen LogP) is 1.05. The van der Waals surface area contributed by atoms with Gasteiger partial charge in [0.25, 0.3) is 5.91 Å². The SMILES string of the molecule is CN(C(=O)/C=C\C(N)=O)c1ccc2sc(-c3ccnc(NCCN4C(O)NC(O)C4(C)C)n3)cc2c1. The Kier molecular flexibility index (Phi) is 7.33. The Morgan fingerprint density at radius 2 is 2.06 bits per heavy atom. The van der Waals surface area contributed by atoms with Crippen LogP contribution in [0.15, 0.2) is 48.7 Å². The lowest BCUT2D eigenvalue weighted by atomic mass is 10.0. The van der Waals surface area contributed by atoms with E-state index >= 15 is 0 Å². The molecule has 1 aromatic carbocycles. The van der Waals surface area contributed by atoms with Gasteiger partial charge in [-0.2, -0.15) is 0 Å². The summed E-state index contributed by atoms with van der Waals surface area (Å²) in [5, 5.41) is 27.0. The molecule has 1 fully saturated rings. The van der Waals surface area contributed by atoms with E-state index in [9.17, 15) is 19.8 Å². The lowest BCUT2D eigenvalue weighted by Gasteiger charge is -2.33. The number of nitrogens with zero attached hydrogens (tertiary/aromatic N) is 4. The van der Waals surface area contributed by atoms with Gasteiger partial charge in [-0.15, -0.1) is 11.3 Å². The molecule has 1 aliphatic heterocycles. The molecule has 3 aromatic rings. The molecule has 2 aromatic heterocycles. The molecule has 0 bridgehead atoms. The van der Waals surface area contributed by atoms with Crippen LogP contribution in [0, 0.1) is 0 Å². The van der Waals surface area contributed by atoms with Gasteiger partial charge in [0, 0.05) is 48.9 Å². The fraction of sp³-hybridized carbons (Fsp3) is 0.333. The number of likely N-dealkylation sites (N-methyl/N-ethyl adjacent to an activating group) is 1. The van der Waals surface area contributed by atoms with Crippen LogP contribution in [0.2, 0.25) is 0 Å². The van der Waals surface area contributed by atoms with E-state index in [0.29, 0.717) is 24.7 Å². The number of primary amides is 1. The van der Waals surface area contributed by atoms with Gasteiger partial charge in [0.05, 0.1) is 16.1 Å². The number of fused-ring (bicyclic) bond motifs is 1. The Hall–Kier alpha value is -3.42. The van der Waals surface area contributed by atoms with Crippen LogP contribution in [0.25, 0.3) is 20.7 Å². The highest BCUT2D eigenvalue weighted by molar-refractivity contribution is 7.22. The molecule has 2 unspecified atom stereocenters. The van der Waals surface area contributed by atoms with Crippen LogP contribution in [0.3, 0.4) is 0 Å². The normalized spacial score (nSPS) is 19.7. The van der Waals surface area contributed by atoms with Crippen LogP contribution in [-0.2, 0) is 9.59 Å². The van der Waals surface area contributed by atoms with Crippen LogP contribution in [0.5, 0.6) is 0 Å². The highest BCUT2D eigenvalue weighted by Crippen LogP contribution is 2.35. The van der Waals surface area contributed by atoms with Crippen molar-refractivity contribution >= 4 is 44.9 Å². The minimum atomic E-state index is -0.930. The van der Waals surface area contributed by atoms with Crippen LogP contribution >= 0.6 is 11.3 Å². The number of carbonyl (C=O) groups excluding carboxylic acids is 2. The monoisotopic (exact) mass is 511 g/mol. The van der Waals surface area contributed by atoms with Crippen molar-refractivity contribution in [1.82, 2.24) is 20.2 Å². The first kappa shape index (κ1) is 25.7. The zero-order chi connectivity index (χ0) is 26.0. The first-order valence-electron chi connectivity index (χ1n) is 11.3. The molecule has 2 atom stereocenters. The summed E-state index contributed by atoms with van der Waals surface area (Å²) in [6, 6.07) is 9.51. The Bertz CT molecular complexity index is 1310. The van der Waals surface area contributed by atoms with Crippen molar-refractivity contribution in [2.45, 2.75) is 32.0 Å². The molecule has 36 heavy (non-hydrogen) atoms. The molecule has 0 spiro atoms. The van der Waals surface area contributed by atoms with E-state index in [2.05, 4.69) is 20.6 Å². The van der Waals surface area contributed by atoms with Crippen LogP contribution in [0.4, 0.5) is 11.6 Å². The lowest BCUT2D eigenvalue weighted by molar-refractivity contribution is -0.115. The Balaban J connectivity index is 1.46. The lowest BCUT2D eigenvalue weighted by Crippen LogP contribution is -2.49. The average Bonchev–Trinajstić information content (AvgIpc) is 3.35. The van der Waals surface area contributed by atoms with Crippen molar-refractivity contribution in [2.75, 3.05) is 30.4 Å². The van der Waals surface area contributed by atoms with E-state index in [1.807, 2.05) is 44.2 Å². The van der Waals surface area contributed by atoms with Gasteiger partial charge in [-0.25, -0.2) is 9.97 Å². The minimum Gasteiger partial charge on any atom is -0.377 e. The molecule has 6 N–H and O–H groups in total. The van der Waals surface area contributed by atoms with Gasteiger partial charge in [0.1, 0.15) is 6.23 Å². The second kappa shape index (κ2) is 10.3. The molecule has 0 saturated carbocycles. The van der Waals surface area contributed by atoms with E-state index in [0.717, 1.165) is 32.8 Å². The number of nitrogens with one attached hydrogen (secondary N) is 2. The topological polar surface area (TPSA) is 157 Å². The second-order valence-electron chi connectivity index (χ2n) is 8.95. The summed E-state index contributed by atoms with van der Waals surface area (Å²) < 4.78 is 1.03. The van der Waals surface area contributed by atoms with Gasteiger partial charge in [-0.3, -0.25) is 19.8 Å². The summed E-state index contributed by atoms with van der Waals surface area (Å²) in [5.41, 5.74) is 5.89. The number of hydrogen-bond acceptors (Lipinski definition) is 10. The molecule has 4 rings (SSSR count). The Morgan fingerprint density at radius 3 is 2.75 bits per heavy atom.